The number of fused-ring (bicyclic) bond motifs is 3. The number of carbonyl (C=O) groups excluding carboxylic acids is 2. The number of nitrogens with zero attached hydrogens (tertiary/aromatic N) is 2. The van der Waals surface area contributed by atoms with Gasteiger partial charge < -0.3 is 9.47 Å². The van der Waals surface area contributed by atoms with E-state index in [4.69, 9.17) is 0 Å². The van der Waals surface area contributed by atoms with Crippen molar-refractivity contribution in [2.24, 2.45) is 0 Å². The van der Waals surface area contributed by atoms with Crippen LogP contribution in [0.4, 0.5) is 0 Å². The molecule has 1 aliphatic heterocycles. The molecule has 5 rings (SSSR count). The number of hydrogen-bond acceptors (Lipinski definition) is 2. The van der Waals surface area contributed by atoms with E-state index in [2.05, 4.69) is 42.4 Å². The molecule has 2 heterocycles. The van der Waals surface area contributed by atoms with Crippen LogP contribution in [0, 0.1) is 0 Å². The summed E-state index contributed by atoms with van der Waals surface area (Å²) < 4.78 is 2.47. The lowest BCUT2D eigenvalue weighted by molar-refractivity contribution is -0.126. The Morgan fingerprint density at radius 1 is 1.08 bits per heavy atom. The van der Waals surface area contributed by atoms with Crippen LogP contribution in [0.2, 0.25) is 0 Å². The number of amides is 1. The van der Waals surface area contributed by atoms with Gasteiger partial charge in [-0.25, -0.2) is 0 Å². The van der Waals surface area contributed by atoms with Crippen LogP contribution in [0.3, 0.4) is 0 Å². The number of likely N-dealkylation sites (N-methyl/N-ethyl adjacent to an activating group) is 1. The standard InChI is InChI=1S/C33H42N2O2/c1-5-13-24-16-12-21-35-29-22-26(32(37)34(4)33(23(3)36)19-10-11-20-33)17-18-28(29)30(31(35)27(24)6-2)25-14-8-7-9-15-25/h5-6,13,17-18,22,25H,2,7-12,14-16,19-21H2,1,3-4H3/b13-5-. The van der Waals surface area contributed by atoms with Crippen molar-refractivity contribution in [3.63, 3.8) is 0 Å². The van der Waals surface area contributed by atoms with E-state index in [1.54, 1.807) is 11.8 Å². The van der Waals surface area contributed by atoms with Crippen molar-refractivity contribution in [3.8, 4) is 0 Å². The lowest BCUT2D eigenvalue weighted by Gasteiger charge is -2.36. The van der Waals surface area contributed by atoms with Crippen LogP contribution in [0.15, 0.2) is 48.6 Å². The topological polar surface area (TPSA) is 42.3 Å². The molecule has 37 heavy (non-hydrogen) atoms. The Balaban J connectivity index is 1.68. The van der Waals surface area contributed by atoms with Gasteiger partial charge in [0, 0.05) is 35.6 Å². The van der Waals surface area contributed by atoms with E-state index in [1.165, 1.54) is 59.9 Å². The summed E-state index contributed by atoms with van der Waals surface area (Å²) >= 11 is 0. The molecule has 0 N–H and O–H groups in total. The zero-order valence-electron chi connectivity index (χ0n) is 22.9. The van der Waals surface area contributed by atoms with Gasteiger partial charge in [0.15, 0.2) is 5.78 Å². The van der Waals surface area contributed by atoms with Crippen molar-refractivity contribution in [1.29, 1.82) is 0 Å². The molecule has 2 aliphatic carbocycles. The first-order chi connectivity index (χ1) is 17.9. The molecule has 3 aliphatic rings. The summed E-state index contributed by atoms with van der Waals surface area (Å²) in [6.07, 6.45) is 18.4. The highest BCUT2D eigenvalue weighted by atomic mass is 16.2. The Morgan fingerprint density at radius 3 is 2.46 bits per heavy atom. The number of aryl methyl sites for hydroxylation is 1. The molecule has 4 heteroatoms. The van der Waals surface area contributed by atoms with Crippen LogP contribution in [-0.2, 0) is 11.3 Å². The van der Waals surface area contributed by atoms with Gasteiger partial charge in [0.25, 0.3) is 5.91 Å². The monoisotopic (exact) mass is 498 g/mol. The maximum Gasteiger partial charge on any atom is 0.254 e. The van der Waals surface area contributed by atoms with Crippen LogP contribution in [0.25, 0.3) is 16.5 Å². The van der Waals surface area contributed by atoms with Gasteiger partial charge in [0.2, 0.25) is 0 Å². The zero-order chi connectivity index (χ0) is 26.2. The second-order valence-electron chi connectivity index (χ2n) is 11.4. The minimum absolute atomic E-state index is 0.0449. The first-order valence-corrected chi connectivity index (χ1v) is 14.4. The van der Waals surface area contributed by atoms with Gasteiger partial charge in [-0.2, -0.15) is 0 Å². The van der Waals surface area contributed by atoms with Gasteiger partial charge >= 0.3 is 0 Å². The second kappa shape index (κ2) is 10.5. The normalized spacial score (nSPS) is 20.3. The Hall–Kier alpha value is -2.88. The van der Waals surface area contributed by atoms with E-state index in [0.29, 0.717) is 11.5 Å². The number of benzene rings is 1. The lowest BCUT2D eigenvalue weighted by Crippen LogP contribution is -2.52. The number of allylic oxidation sites excluding steroid dienone is 5. The lowest BCUT2D eigenvalue weighted by atomic mass is 9.81. The molecule has 1 aromatic heterocycles. The summed E-state index contributed by atoms with van der Waals surface area (Å²) in [5, 5.41) is 1.28. The highest BCUT2D eigenvalue weighted by Crippen LogP contribution is 2.45. The Morgan fingerprint density at radius 2 is 1.81 bits per heavy atom. The average molecular weight is 499 g/mol. The molecule has 2 aromatic rings. The van der Waals surface area contributed by atoms with E-state index in [0.717, 1.165) is 50.6 Å². The number of hydrogen-bond donors (Lipinski definition) is 0. The van der Waals surface area contributed by atoms with E-state index >= 15 is 0 Å². The van der Waals surface area contributed by atoms with Gasteiger partial charge in [-0.15, -0.1) is 0 Å². The van der Waals surface area contributed by atoms with Crippen LogP contribution < -0.4 is 0 Å². The van der Waals surface area contributed by atoms with Crippen LogP contribution >= 0.6 is 0 Å². The quantitative estimate of drug-likeness (QED) is 0.405. The second-order valence-corrected chi connectivity index (χ2v) is 11.4. The molecule has 2 saturated carbocycles. The number of carbonyl (C=O) groups is 2. The van der Waals surface area contributed by atoms with Gasteiger partial charge in [-0.05, 0) is 81.6 Å². The van der Waals surface area contributed by atoms with Crippen LogP contribution in [0.1, 0.15) is 112 Å². The molecule has 2 fully saturated rings. The average Bonchev–Trinajstić information content (AvgIpc) is 3.49. The maximum absolute atomic E-state index is 13.8. The largest absolute Gasteiger partial charge is 0.340 e. The number of aromatic nitrogens is 1. The first kappa shape index (κ1) is 25.8. The fourth-order valence-electron chi connectivity index (χ4n) is 7.42. The predicted molar refractivity (Wildman–Crippen MR) is 153 cm³/mol. The zero-order valence-corrected chi connectivity index (χ0v) is 22.9. The van der Waals surface area contributed by atoms with Crippen molar-refractivity contribution in [3.05, 3.63) is 65.4 Å². The van der Waals surface area contributed by atoms with E-state index < -0.39 is 5.54 Å². The smallest absolute Gasteiger partial charge is 0.254 e. The van der Waals surface area contributed by atoms with Crippen LogP contribution in [-0.4, -0.2) is 33.7 Å². The summed E-state index contributed by atoms with van der Waals surface area (Å²) in [5.74, 6) is 0.600. The van der Waals surface area contributed by atoms with Crippen molar-refractivity contribution in [2.75, 3.05) is 7.05 Å². The number of ketones is 1. The fourth-order valence-corrected chi connectivity index (χ4v) is 7.42. The van der Waals surface area contributed by atoms with Crippen molar-refractivity contribution in [2.45, 2.75) is 102 Å². The summed E-state index contributed by atoms with van der Waals surface area (Å²) in [6.45, 7) is 8.92. The third-order valence-electron chi connectivity index (χ3n) is 9.40. The van der Waals surface area contributed by atoms with Crippen molar-refractivity contribution >= 4 is 28.2 Å². The Labute approximate surface area is 222 Å². The highest BCUT2D eigenvalue weighted by molar-refractivity contribution is 6.03. The molecule has 196 valence electrons. The molecule has 0 saturated heterocycles. The minimum atomic E-state index is -0.657. The SMILES string of the molecule is C=CC1=C(/C=C\C)CCCn2c1c(C1CCCCC1)c1ccc(C(=O)N(C)C3(C(C)=O)CCCC3)cc12. The number of rotatable bonds is 6. The number of Topliss-reactive ketones (excluding diaryl/α,β-unsaturated/α-hetero) is 1. The van der Waals surface area contributed by atoms with E-state index in [-0.39, 0.29) is 11.7 Å². The minimum Gasteiger partial charge on any atom is -0.340 e. The van der Waals surface area contributed by atoms with Crippen molar-refractivity contribution < 1.29 is 9.59 Å². The predicted octanol–water partition coefficient (Wildman–Crippen LogP) is 7.97. The fraction of sp³-hybridized carbons (Fsp3) is 0.515. The van der Waals surface area contributed by atoms with Crippen LogP contribution in [0.5, 0.6) is 0 Å². The Bertz CT molecular complexity index is 1280. The highest BCUT2D eigenvalue weighted by Gasteiger charge is 2.44. The summed E-state index contributed by atoms with van der Waals surface area (Å²) in [4.78, 5) is 28.3. The third-order valence-corrected chi connectivity index (χ3v) is 9.40. The molecule has 0 unspecified atom stereocenters. The van der Waals surface area contributed by atoms with E-state index in [9.17, 15) is 9.59 Å². The summed E-state index contributed by atoms with van der Waals surface area (Å²) in [5.41, 5.74) is 6.55. The molecule has 0 spiro atoms. The maximum atomic E-state index is 13.8. The summed E-state index contributed by atoms with van der Waals surface area (Å²) in [7, 11) is 1.83. The molecule has 0 radical (unpaired) electrons. The molecular weight excluding hydrogens is 456 g/mol. The molecule has 4 nitrogen and oxygen atoms in total. The van der Waals surface area contributed by atoms with Gasteiger partial charge in [-0.1, -0.05) is 63.0 Å². The molecule has 0 atom stereocenters. The third kappa shape index (κ3) is 4.32. The first-order valence-electron chi connectivity index (χ1n) is 14.4. The van der Waals surface area contributed by atoms with Crippen molar-refractivity contribution in [1.82, 2.24) is 9.47 Å². The van der Waals surface area contributed by atoms with Gasteiger partial charge in [0.1, 0.15) is 5.54 Å². The molecular formula is C33H42N2O2. The van der Waals surface area contributed by atoms with E-state index in [1.807, 2.05) is 19.2 Å². The van der Waals surface area contributed by atoms with Gasteiger partial charge in [-0.3, -0.25) is 9.59 Å². The summed E-state index contributed by atoms with van der Waals surface area (Å²) in [6, 6.07) is 6.29. The molecule has 0 bridgehead atoms. The van der Waals surface area contributed by atoms with Gasteiger partial charge in [0.05, 0.1) is 5.69 Å². The molecule has 1 aromatic carbocycles. The Kier molecular flexibility index (Phi) is 7.29. The molecule has 1 amide bonds.